The molecule has 0 saturated carbocycles. The number of morpholine rings is 1. The molecule has 0 amide bonds. The first kappa shape index (κ1) is 8.58. The Balaban J connectivity index is 2.38. The predicted molar refractivity (Wildman–Crippen MR) is 43.6 cm³/mol. The Morgan fingerprint density at radius 1 is 1.55 bits per heavy atom. The molecule has 1 aliphatic rings. The molecule has 0 N–H and O–H groups in total. The third kappa shape index (κ3) is 2.21. The Morgan fingerprint density at radius 2 is 2.18 bits per heavy atom. The fourth-order valence-electron chi connectivity index (χ4n) is 1.34. The van der Waals surface area contributed by atoms with Gasteiger partial charge in [0.1, 0.15) is 0 Å². The molecule has 1 radical (unpaired) electrons. The lowest BCUT2D eigenvalue weighted by Crippen LogP contribution is -2.42. The molecule has 61 valence electrons. The number of hydrogen-bond acceptors (Lipinski definition) is 2. The topological polar surface area (TPSA) is 12.5 Å². The molecule has 0 bridgehead atoms. The molecule has 1 saturated heterocycles. The molecule has 1 aliphatic heterocycles. The van der Waals surface area contributed by atoms with Crippen LogP contribution in [-0.4, -0.2) is 37.2 Å². The molecule has 2 nitrogen and oxygen atoms in total. The third-order valence-corrected chi connectivity index (χ3v) is 2.04. The second kappa shape index (κ2) is 4.38. The zero-order valence-electron chi connectivity index (χ0n) is 6.97. The van der Waals surface area contributed by atoms with Gasteiger partial charge < -0.3 is 4.74 Å². The minimum atomic E-state index is 0.207. The van der Waals surface area contributed by atoms with E-state index in [2.05, 4.69) is 17.7 Å². The molecule has 1 atom stereocenters. The van der Waals surface area contributed by atoms with Crippen molar-refractivity contribution in [1.82, 2.24) is 4.90 Å². The first-order valence-corrected chi connectivity index (χ1v) is 4.12. The molecule has 0 aromatic carbocycles. The van der Waals surface area contributed by atoms with Crippen molar-refractivity contribution in [2.45, 2.75) is 19.4 Å². The lowest BCUT2D eigenvalue weighted by molar-refractivity contribution is 0.0267. The van der Waals surface area contributed by atoms with E-state index >= 15 is 0 Å². The monoisotopic (exact) mass is 152 g/mol. The highest BCUT2D eigenvalue weighted by atomic mass is 16.5. The van der Waals surface area contributed by atoms with Crippen LogP contribution in [0.2, 0.25) is 0 Å². The quantitative estimate of drug-likeness (QED) is 0.540. The third-order valence-electron chi connectivity index (χ3n) is 2.04. The van der Waals surface area contributed by atoms with E-state index in [0.717, 1.165) is 32.7 Å². The second-order valence-electron chi connectivity index (χ2n) is 2.72. The maximum absolute atomic E-state index is 7.06. The molecule has 1 rings (SSSR count). The first-order chi connectivity index (χ1) is 5.38. The van der Waals surface area contributed by atoms with Crippen molar-refractivity contribution in [3.63, 3.8) is 0 Å². The SMILES string of the molecule is [C]#CC(CC)N1CCOCC1. The normalized spacial score (nSPS) is 22.5. The van der Waals surface area contributed by atoms with E-state index in [9.17, 15) is 0 Å². The summed E-state index contributed by atoms with van der Waals surface area (Å²) in [6.07, 6.45) is 8.04. The maximum Gasteiger partial charge on any atom is 0.0723 e. The van der Waals surface area contributed by atoms with Gasteiger partial charge in [0.05, 0.1) is 19.3 Å². The number of hydrogen-bond donors (Lipinski definition) is 0. The van der Waals surface area contributed by atoms with Gasteiger partial charge in [0.15, 0.2) is 0 Å². The van der Waals surface area contributed by atoms with Crippen molar-refractivity contribution in [3.05, 3.63) is 6.42 Å². The van der Waals surface area contributed by atoms with Crippen LogP contribution in [0.15, 0.2) is 0 Å². The van der Waals surface area contributed by atoms with Gasteiger partial charge in [0.25, 0.3) is 0 Å². The molecular formula is C9H14NO. The first-order valence-electron chi connectivity index (χ1n) is 4.12. The summed E-state index contributed by atoms with van der Waals surface area (Å²) in [5.41, 5.74) is 0. The van der Waals surface area contributed by atoms with Gasteiger partial charge in [-0.2, -0.15) is 0 Å². The number of nitrogens with zero attached hydrogens (tertiary/aromatic N) is 1. The highest BCUT2D eigenvalue weighted by Crippen LogP contribution is 2.05. The molecule has 1 unspecified atom stereocenters. The van der Waals surface area contributed by atoms with Crippen LogP contribution in [0.3, 0.4) is 0 Å². The minimum absolute atomic E-state index is 0.207. The second-order valence-corrected chi connectivity index (χ2v) is 2.72. The lowest BCUT2D eigenvalue weighted by atomic mass is 10.2. The van der Waals surface area contributed by atoms with E-state index in [1.54, 1.807) is 0 Å². The lowest BCUT2D eigenvalue weighted by Gasteiger charge is -2.30. The van der Waals surface area contributed by atoms with Gasteiger partial charge >= 0.3 is 0 Å². The molecule has 0 spiro atoms. The summed E-state index contributed by atoms with van der Waals surface area (Å²) in [5, 5.41) is 0. The summed E-state index contributed by atoms with van der Waals surface area (Å²) in [4.78, 5) is 2.25. The van der Waals surface area contributed by atoms with Crippen molar-refractivity contribution >= 4 is 0 Å². The molecule has 0 aromatic rings. The Kier molecular flexibility index (Phi) is 3.41. The highest BCUT2D eigenvalue weighted by molar-refractivity contribution is 4.94. The summed E-state index contributed by atoms with van der Waals surface area (Å²) < 4.78 is 5.21. The largest absolute Gasteiger partial charge is 0.379 e. The molecule has 1 heterocycles. The van der Waals surface area contributed by atoms with Crippen LogP contribution in [0.5, 0.6) is 0 Å². The van der Waals surface area contributed by atoms with Crippen LogP contribution in [-0.2, 0) is 4.74 Å². The van der Waals surface area contributed by atoms with Crippen molar-refractivity contribution in [1.29, 1.82) is 0 Å². The average Bonchev–Trinajstić information content (AvgIpc) is 2.09. The van der Waals surface area contributed by atoms with Crippen LogP contribution < -0.4 is 0 Å². The van der Waals surface area contributed by atoms with Crippen molar-refractivity contribution < 1.29 is 4.74 Å². The average molecular weight is 152 g/mol. The Morgan fingerprint density at radius 3 is 2.64 bits per heavy atom. The fourth-order valence-corrected chi connectivity index (χ4v) is 1.34. The van der Waals surface area contributed by atoms with Gasteiger partial charge in [-0.15, -0.1) is 0 Å². The van der Waals surface area contributed by atoms with Crippen molar-refractivity contribution in [2.75, 3.05) is 26.3 Å². The minimum Gasteiger partial charge on any atom is -0.379 e. The van der Waals surface area contributed by atoms with Crippen molar-refractivity contribution in [2.24, 2.45) is 0 Å². The molecule has 1 fully saturated rings. The molecule has 11 heavy (non-hydrogen) atoms. The molecule has 0 aliphatic carbocycles. The van der Waals surface area contributed by atoms with Crippen LogP contribution in [0.1, 0.15) is 13.3 Å². The summed E-state index contributed by atoms with van der Waals surface area (Å²) in [5.74, 6) is 2.54. The summed E-state index contributed by atoms with van der Waals surface area (Å²) in [6, 6.07) is 0.207. The van der Waals surface area contributed by atoms with Gasteiger partial charge in [-0.3, -0.25) is 4.90 Å². The van der Waals surface area contributed by atoms with E-state index in [4.69, 9.17) is 11.2 Å². The Hall–Kier alpha value is -0.520. The van der Waals surface area contributed by atoms with E-state index < -0.39 is 0 Å². The van der Waals surface area contributed by atoms with E-state index in [1.165, 1.54) is 0 Å². The predicted octanol–water partition coefficient (Wildman–Crippen LogP) is 0.687. The van der Waals surface area contributed by atoms with Gasteiger partial charge in [0, 0.05) is 13.1 Å². The zero-order valence-corrected chi connectivity index (χ0v) is 6.97. The van der Waals surface area contributed by atoms with Gasteiger partial charge in [-0.05, 0) is 12.8 Å². The molecule has 2 heteroatoms. The Labute approximate surface area is 68.5 Å². The zero-order chi connectivity index (χ0) is 8.10. The molecule has 0 aromatic heterocycles. The summed E-state index contributed by atoms with van der Waals surface area (Å²) in [7, 11) is 0. The van der Waals surface area contributed by atoms with E-state index in [-0.39, 0.29) is 6.04 Å². The van der Waals surface area contributed by atoms with Crippen molar-refractivity contribution in [3.8, 4) is 5.92 Å². The van der Waals surface area contributed by atoms with E-state index in [0.29, 0.717) is 0 Å². The summed E-state index contributed by atoms with van der Waals surface area (Å²) in [6.45, 7) is 5.59. The van der Waals surface area contributed by atoms with Gasteiger partial charge in [0.2, 0.25) is 0 Å². The highest BCUT2D eigenvalue weighted by Gasteiger charge is 2.16. The van der Waals surface area contributed by atoms with Crippen LogP contribution in [0.25, 0.3) is 0 Å². The van der Waals surface area contributed by atoms with Crippen LogP contribution in [0, 0.1) is 12.3 Å². The fraction of sp³-hybridized carbons (Fsp3) is 0.778. The Bertz CT molecular complexity index is 144. The maximum atomic E-state index is 7.06. The number of rotatable bonds is 2. The molecular weight excluding hydrogens is 138 g/mol. The van der Waals surface area contributed by atoms with Crippen LogP contribution >= 0.6 is 0 Å². The standard InChI is InChI=1S/C9H14NO/c1-3-9(4-2)10-5-7-11-8-6-10/h9H,3,5-8H2,1H3. The van der Waals surface area contributed by atoms with Gasteiger partial charge in [-0.1, -0.05) is 12.8 Å². The van der Waals surface area contributed by atoms with E-state index in [1.807, 2.05) is 0 Å². The smallest absolute Gasteiger partial charge is 0.0723 e. The number of ether oxygens (including phenoxy) is 1. The summed E-state index contributed by atoms with van der Waals surface area (Å²) >= 11 is 0. The van der Waals surface area contributed by atoms with Gasteiger partial charge in [-0.25, -0.2) is 0 Å². The van der Waals surface area contributed by atoms with Crippen LogP contribution in [0.4, 0.5) is 0 Å².